The molecule has 1 atom stereocenters. The Morgan fingerprint density at radius 3 is 2.40 bits per heavy atom. The van der Waals surface area contributed by atoms with E-state index in [1.165, 1.54) is 30.6 Å². The number of rotatable bonds is 9. The minimum atomic E-state index is -4.52. The molecular formula is C30H25F3IN2O6S-. The van der Waals surface area contributed by atoms with Crippen molar-refractivity contribution in [1.82, 2.24) is 9.62 Å². The molecule has 1 aliphatic carbocycles. The number of halogens is 4. The van der Waals surface area contributed by atoms with Gasteiger partial charge in [0.1, 0.15) is 11.3 Å². The van der Waals surface area contributed by atoms with Crippen molar-refractivity contribution in [2.24, 2.45) is 0 Å². The lowest BCUT2D eigenvalue weighted by Crippen LogP contribution is -2.25. The highest BCUT2D eigenvalue weighted by atomic mass is 127. The number of carbonyl (C=O) groups is 2. The van der Waals surface area contributed by atoms with Gasteiger partial charge >= 0.3 is 12.1 Å². The van der Waals surface area contributed by atoms with Crippen LogP contribution in [0, 0.1) is 3.57 Å². The topological polar surface area (TPSA) is 112 Å². The second-order valence-corrected chi connectivity index (χ2v) is 12.2. The lowest BCUT2D eigenvalue weighted by molar-refractivity contribution is -0.137. The van der Waals surface area contributed by atoms with Crippen LogP contribution in [0.4, 0.5) is 13.2 Å². The number of esters is 1. The molecule has 3 aromatic carbocycles. The van der Waals surface area contributed by atoms with Gasteiger partial charge in [-0.05, 0) is 94.4 Å². The van der Waals surface area contributed by atoms with Crippen molar-refractivity contribution < 1.29 is 40.7 Å². The van der Waals surface area contributed by atoms with Crippen molar-refractivity contribution in [3.63, 3.8) is 0 Å². The molecule has 1 fully saturated rings. The Bertz CT molecular complexity index is 1730. The van der Waals surface area contributed by atoms with Crippen LogP contribution in [0.15, 0.2) is 59.0 Å². The third kappa shape index (κ3) is 6.64. The number of fused-ring (bicyclic) bond motifs is 1. The Morgan fingerprint density at radius 1 is 1.12 bits per heavy atom. The van der Waals surface area contributed by atoms with Crippen LogP contribution in [0.2, 0.25) is 0 Å². The van der Waals surface area contributed by atoms with Gasteiger partial charge < -0.3 is 19.0 Å². The number of carbonyl (C=O) groups excluding carboxylic acids is 2. The fraction of sp³-hybridized carbons (Fsp3) is 0.267. The van der Waals surface area contributed by atoms with Gasteiger partial charge in [-0.25, -0.2) is 9.10 Å². The molecule has 0 spiro atoms. The minimum absolute atomic E-state index is 0.0109. The predicted molar refractivity (Wildman–Crippen MR) is 161 cm³/mol. The van der Waals surface area contributed by atoms with Crippen LogP contribution >= 0.6 is 22.6 Å². The highest BCUT2D eigenvalue weighted by Gasteiger charge is 2.32. The summed E-state index contributed by atoms with van der Waals surface area (Å²) in [5, 5.41) is 3.06. The number of methoxy groups -OCH3 is 1. The van der Waals surface area contributed by atoms with Gasteiger partial charge in [0.2, 0.25) is 0 Å². The number of amides is 1. The van der Waals surface area contributed by atoms with E-state index in [9.17, 15) is 31.5 Å². The Kier molecular flexibility index (Phi) is 8.97. The summed E-state index contributed by atoms with van der Waals surface area (Å²) in [6.07, 6.45) is -2.74. The van der Waals surface area contributed by atoms with Crippen molar-refractivity contribution in [2.45, 2.75) is 38.0 Å². The molecule has 8 nitrogen and oxygen atoms in total. The quantitative estimate of drug-likeness (QED) is 0.119. The second kappa shape index (κ2) is 12.4. The molecular weight excluding hydrogens is 700 g/mol. The van der Waals surface area contributed by atoms with Crippen LogP contribution in [0.5, 0.6) is 0 Å². The molecule has 0 saturated heterocycles. The Labute approximate surface area is 261 Å². The summed E-state index contributed by atoms with van der Waals surface area (Å²) in [7, 11) is 2.72. The van der Waals surface area contributed by atoms with Crippen molar-refractivity contribution in [1.29, 1.82) is 0 Å². The first-order chi connectivity index (χ1) is 20.4. The van der Waals surface area contributed by atoms with Crippen LogP contribution in [-0.2, 0) is 35.3 Å². The predicted octanol–water partition coefficient (Wildman–Crippen LogP) is 6.54. The van der Waals surface area contributed by atoms with E-state index in [1.54, 1.807) is 24.3 Å². The molecule has 1 saturated carbocycles. The van der Waals surface area contributed by atoms with Crippen molar-refractivity contribution in [3.8, 4) is 11.3 Å². The Balaban J connectivity index is 1.56. The van der Waals surface area contributed by atoms with E-state index >= 15 is 0 Å². The van der Waals surface area contributed by atoms with E-state index < -0.39 is 34.9 Å². The maximum absolute atomic E-state index is 13.2. The number of hydrogen-bond donors (Lipinski definition) is 1. The lowest BCUT2D eigenvalue weighted by Gasteiger charge is -2.26. The Morgan fingerprint density at radius 2 is 1.81 bits per heavy atom. The first-order valence-corrected chi connectivity index (χ1v) is 15.2. The zero-order valence-corrected chi connectivity index (χ0v) is 25.9. The van der Waals surface area contributed by atoms with Gasteiger partial charge in [0, 0.05) is 45.9 Å². The number of hydrogen-bond acceptors (Lipinski definition) is 6. The molecule has 1 heterocycles. The summed E-state index contributed by atoms with van der Waals surface area (Å²) in [6, 6.07) is 12.9. The fourth-order valence-electron chi connectivity index (χ4n) is 4.97. The zero-order chi connectivity index (χ0) is 31.1. The fourth-order valence-corrected chi connectivity index (χ4v) is 6.02. The lowest BCUT2D eigenvalue weighted by atomic mass is 9.97. The van der Waals surface area contributed by atoms with E-state index in [4.69, 9.17) is 9.15 Å². The van der Waals surface area contributed by atoms with Crippen LogP contribution in [-0.4, -0.2) is 39.1 Å². The molecule has 0 radical (unpaired) electrons. The number of nitrogens with zero attached hydrogens (tertiary/aromatic N) is 1. The van der Waals surface area contributed by atoms with E-state index in [0.717, 1.165) is 30.5 Å². The molecule has 13 heteroatoms. The highest BCUT2D eigenvalue weighted by molar-refractivity contribution is 14.1. The van der Waals surface area contributed by atoms with Gasteiger partial charge in [-0.2, -0.15) is 13.2 Å². The number of benzene rings is 3. The van der Waals surface area contributed by atoms with Crippen LogP contribution in [0.25, 0.3) is 22.3 Å². The molecule has 1 unspecified atom stereocenters. The zero-order valence-electron chi connectivity index (χ0n) is 22.9. The maximum atomic E-state index is 13.2. The molecule has 1 aliphatic rings. The summed E-state index contributed by atoms with van der Waals surface area (Å²) >= 11 is -0.629. The second-order valence-electron chi connectivity index (χ2n) is 10.1. The summed E-state index contributed by atoms with van der Waals surface area (Å²) in [5.41, 5.74) is 2.40. The van der Waals surface area contributed by atoms with E-state index in [2.05, 4.69) is 5.32 Å². The number of furan rings is 1. The standard InChI is InChI=1S/C30H26F3IN2O6S/c1-35-28(37)26-23-13-21(17-4-5-17)19(12-25(23)42-27(26)18-6-8-20(9-7-18)30(31,32)33)15-36(43(39)40)14-16-3-10-24(34)22(11-16)29(38)41-2/h3,6-13,17H,4-5,14-15H2,1-2H3,(H,35,37)(H,39,40)/p-1. The van der Waals surface area contributed by atoms with Gasteiger partial charge in [0.05, 0.1) is 23.8 Å². The maximum Gasteiger partial charge on any atom is 0.416 e. The van der Waals surface area contributed by atoms with Crippen molar-refractivity contribution >= 4 is 56.7 Å². The monoisotopic (exact) mass is 725 g/mol. The van der Waals surface area contributed by atoms with Crippen molar-refractivity contribution in [3.05, 3.63) is 91.5 Å². The molecule has 0 aliphatic heterocycles. The smallest absolute Gasteiger partial charge is 0.416 e. The van der Waals surface area contributed by atoms with Gasteiger partial charge in [-0.3, -0.25) is 9.00 Å². The van der Waals surface area contributed by atoms with Crippen LogP contribution in [0.3, 0.4) is 0 Å². The molecule has 226 valence electrons. The Hall–Kier alpha value is -3.27. The van der Waals surface area contributed by atoms with Crippen molar-refractivity contribution in [2.75, 3.05) is 14.2 Å². The van der Waals surface area contributed by atoms with E-state index in [0.29, 0.717) is 36.8 Å². The van der Waals surface area contributed by atoms with Crippen LogP contribution < -0.4 is 5.32 Å². The van der Waals surface area contributed by atoms with Gasteiger partial charge in [-0.1, -0.05) is 18.2 Å². The molecule has 0 bridgehead atoms. The number of ether oxygens (including phenoxy) is 1. The molecule has 1 amide bonds. The average Bonchev–Trinajstić information content (AvgIpc) is 3.76. The number of alkyl halides is 3. The van der Waals surface area contributed by atoms with Gasteiger partial charge in [-0.15, -0.1) is 0 Å². The van der Waals surface area contributed by atoms with Gasteiger partial charge in [0.25, 0.3) is 5.91 Å². The largest absolute Gasteiger partial charge is 0.760 e. The summed E-state index contributed by atoms with van der Waals surface area (Å²) in [4.78, 5) is 25.2. The normalized spacial score (nSPS) is 14.2. The molecule has 1 aromatic heterocycles. The first-order valence-electron chi connectivity index (χ1n) is 13.1. The highest BCUT2D eigenvalue weighted by Crippen LogP contribution is 2.45. The van der Waals surface area contributed by atoms with E-state index in [1.807, 2.05) is 28.7 Å². The molecule has 4 aromatic rings. The third-order valence-corrected chi connectivity index (χ3v) is 8.87. The van der Waals surface area contributed by atoms with E-state index in [-0.39, 0.29) is 30.3 Å². The molecule has 43 heavy (non-hydrogen) atoms. The van der Waals surface area contributed by atoms with Gasteiger partial charge in [0.15, 0.2) is 0 Å². The average molecular weight is 726 g/mol. The van der Waals surface area contributed by atoms with Crippen LogP contribution in [0.1, 0.15) is 61.7 Å². The first kappa shape index (κ1) is 31.2. The molecule has 5 rings (SSSR count). The summed E-state index contributed by atoms with van der Waals surface area (Å²) < 4.78 is 77.0. The molecule has 1 N–H and O–H groups in total. The number of nitrogens with one attached hydrogen (secondary N) is 1. The third-order valence-electron chi connectivity index (χ3n) is 7.25. The summed E-state index contributed by atoms with van der Waals surface area (Å²) in [5.74, 6) is -0.727. The summed E-state index contributed by atoms with van der Waals surface area (Å²) in [6.45, 7) is -0.0271. The SMILES string of the molecule is CNC(=O)c1c(-c2ccc(C(F)(F)F)cc2)oc2cc(CN(Cc3ccc(I)c(C(=O)OC)c3)S(=O)[O-])c(C3CC3)cc12. The minimum Gasteiger partial charge on any atom is -0.760 e.